The Labute approximate surface area is 307 Å². The van der Waals surface area contributed by atoms with Crippen LogP contribution < -0.4 is 5.32 Å². The van der Waals surface area contributed by atoms with Crippen LogP contribution in [0, 0.1) is 5.92 Å². The summed E-state index contributed by atoms with van der Waals surface area (Å²) in [5.41, 5.74) is 0.607. The molecular formula is C30H50N4O20. The molecule has 0 spiro atoms. The van der Waals surface area contributed by atoms with Crippen molar-refractivity contribution in [3.8, 4) is 0 Å². The first-order chi connectivity index (χ1) is 25.8. The van der Waals surface area contributed by atoms with Gasteiger partial charge in [0.15, 0.2) is 18.9 Å². The second-order valence-electron chi connectivity index (χ2n) is 12.8. The van der Waals surface area contributed by atoms with E-state index in [0.717, 1.165) is 0 Å². The lowest BCUT2D eigenvalue weighted by Crippen LogP contribution is -2.63. The third-order valence-corrected chi connectivity index (χ3v) is 8.94. The van der Waals surface area contributed by atoms with E-state index < -0.39 is 131 Å². The minimum atomic E-state index is -1.87. The molecule has 3 fully saturated rings. The molecule has 0 bridgehead atoms. The zero-order chi connectivity index (χ0) is 39.5. The molecule has 11 N–H and O–H groups in total. The summed E-state index contributed by atoms with van der Waals surface area (Å²) in [6, 6.07) is 0. The van der Waals surface area contributed by atoms with Crippen LogP contribution in [0.5, 0.6) is 0 Å². The van der Waals surface area contributed by atoms with Gasteiger partial charge in [-0.3, -0.25) is 14.3 Å². The molecule has 0 aromatic carbocycles. The summed E-state index contributed by atoms with van der Waals surface area (Å²) in [7, 11) is 0. The molecule has 1 aromatic rings. The van der Waals surface area contributed by atoms with Crippen LogP contribution in [0.4, 0.5) is 0 Å². The second-order valence-corrected chi connectivity index (χ2v) is 12.8. The molecule has 24 nitrogen and oxygen atoms in total. The Morgan fingerprint density at radius 1 is 0.981 bits per heavy atom. The van der Waals surface area contributed by atoms with Crippen molar-refractivity contribution in [3.63, 3.8) is 0 Å². The van der Waals surface area contributed by atoms with E-state index in [-0.39, 0.29) is 19.6 Å². The fraction of sp³-hybridized carbons (Fsp3) is 0.867. The Morgan fingerprint density at radius 2 is 1.70 bits per heavy atom. The van der Waals surface area contributed by atoms with E-state index in [0.29, 0.717) is 25.2 Å². The van der Waals surface area contributed by atoms with Gasteiger partial charge in [-0.05, 0) is 0 Å². The molecule has 310 valence electrons. The van der Waals surface area contributed by atoms with Crippen LogP contribution in [-0.4, -0.2) is 217 Å². The molecule has 1 aromatic heterocycles. The molecule has 54 heavy (non-hydrogen) atoms. The minimum absolute atomic E-state index is 0.0168. The fourth-order valence-corrected chi connectivity index (χ4v) is 5.82. The van der Waals surface area contributed by atoms with E-state index in [2.05, 4.69) is 15.6 Å². The van der Waals surface area contributed by atoms with Crippen molar-refractivity contribution in [2.45, 2.75) is 112 Å². The highest BCUT2D eigenvalue weighted by Crippen LogP contribution is 2.32. The first kappa shape index (κ1) is 44.1. The van der Waals surface area contributed by atoms with E-state index in [1.54, 1.807) is 6.20 Å². The average Bonchev–Trinajstić information content (AvgIpc) is 3.60. The molecule has 3 aliphatic rings. The Morgan fingerprint density at radius 3 is 2.39 bits per heavy atom. The van der Waals surface area contributed by atoms with Gasteiger partial charge in [0.25, 0.3) is 6.47 Å². The highest BCUT2D eigenvalue weighted by Gasteiger charge is 2.51. The van der Waals surface area contributed by atoms with Crippen LogP contribution in [-0.2, 0) is 60.4 Å². The number of rotatable bonds is 20. The van der Waals surface area contributed by atoms with Gasteiger partial charge in [-0.15, -0.1) is 5.10 Å². The van der Waals surface area contributed by atoms with Gasteiger partial charge >= 0.3 is 5.97 Å². The number of nitrogens with one attached hydrogen (secondary N) is 1. The van der Waals surface area contributed by atoms with Gasteiger partial charge in [-0.2, -0.15) is 0 Å². The number of aliphatic hydroxyl groups is 10. The summed E-state index contributed by atoms with van der Waals surface area (Å²) < 4.78 is 44.3. The van der Waals surface area contributed by atoms with Crippen LogP contribution in [0.2, 0.25) is 0 Å². The molecule has 4 heterocycles. The quantitative estimate of drug-likeness (QED) is 0.0332. The number of aromatic nitrogens is 3. The van der Waals surface area contributed by atoms with E-state index in [9.17, 15) is 60.7 Å². The number of hydrogen-bond donors (Lipinski definition) is 11. The van der Waals surface area contributed by atoms with Crippen molar-refractivity contribution >= 4 is 12.4 Å². The lowest BCUT2D eigenvalue weighted by Gasteiger charge is -2.46. The summed E-state index contributed by atoms with van der Waals surface area (Å²) in [6.45, 7) is -0.643. The lowest BCUT2D eigenvalue weighted by atomic mass is 9.94. The molecule has 8 unspecified atom stereocenters. The van der Waals surface area contributed by atoms with Gasteiger partial charge < -0.3 is 94.3 Å². The van der Waals surface area contributed by atoms with Gasteiger partial charge in [-0.25, -0.2) is 0 Å². The average molecular weight is 787 g/mol. The van der Waals surface area contributed by atoms with Gasteiger partial charge in [0, 0.05) is 32.6 Å². The summed E-state index contributed by atoms with van der Waals surface area (Å²) in [6.07, 6.45) is -22.9. The second kappa shape index (κ2) is 21.1. The topological polar surface area (TPSA) is 353 Å². The van der Waals surface area contributed by atoms with Crippen LogP contribution in [0.15, 0.2) is 6.20 Å². The Hall–Kier alpha value is -2.60. The molecule has 0 saturated carbocycles. The molecule has 0 amide bonds. The molecule has 16 atom stereocenters. The number of ether oxygens (including phenoxy) is 8. The SMILES string of the molecule is CC(=O)OCCc1cn(CCNCC(O)C(O)C(CO)O[C@@H]2OC[C@@H](O[C@@H]3OC[C@@H](O)C(O)C3O[C@H]3OC(OC=O)[C@@H](CO)[C@H](O)C3O)[C@H](O)C2O)nn1. The van der Waals surface area contributed by atoms with E-state index >= 15 is 0 Å². The normalized spacial score (nSPS) is 36.2. The smallest absolute Gasteiger partial charge is 0.302 e. The van der Waals surface area contributed by atoms with Crippen LogP contribution in [0.3, 0.4) is 0 Å². The van der Waals surface area contributed by atoms with E-state index in [1.807, 2.05) is 0 Å². The summed E-state index contributed by atoms with van der Waals surface area (Å²) >= 11 is 0. The number of hydrogen-bond acceptors (Lipinski definition) is 23. The highest BCUT2D eigenvalue weighted by molar-refractivity contribution is 5.65. The summed E-state index contributed by atoms with van der Waals surface area (Å²) in [4.78, 5) is 21.8. The summed E-state index contributed by atoms with van der Waals surface area (Å²) in [5.74, 6) is -1.66. The van der Waals surface area contributed by atoms with E-state index in [1.165, 1.54) is 11.6 Å². The largest absolute Gasteiger partial charge is 0.465 e. The molecule has 0 aliphatic carbocycles. The maximum absolute atomic E-state index is 10.9. The Kier molecular flexibility index (Phi) is 17.2. The fourth-order valence-electron chi connectivity index (χ4n) is 5.82. The monoisotopic (exact) mass is 786 g/mol. The zero-order valence-electron chi connectivity index (χ0n) is 29.2. The van der Waals surface area contributed by atoms with Crippen LogP contribution in [0.25, 0.3) is 0 Å². The van der Waals surface area contributed by atoms with Gasteiger partial charge in [0.05, 0.1) is 63.4 Å². The molecule has 0 radical (unpaired) electrons. The maximum atomic E-state index is 10.9. The highest BCUT2D eigenvalue weighted by atomic mass is 16.8. The summed E-state index contributed by atoms with van der Waals surface area (Å²) in [5, 5.41) is 115. The van der Waals surface area contributed by atoms with Crippen molar-refractivity contribution in [3.05, 3.63) is 11.9 Å². The van der Waals surface area contributed by atoms with Crippen molar-refractivity contribution in [2.24, 2.45) is 5.92 Å². The first-order valence-electron chi connectivity index (χ1n) is 17.1. The van der Waals surface area contributed by atoms with E-state index in [4.69, 9.17) is 37.9 Å². The van der Waals surface area contributed by atoms with Gasteiger partial charge in [0.2, 0.25) is 6.29 Å². The predicted octanol–water partition coefficient (Wildman–Crippen LogP) is -7.82. The van der Waals surface area contributed by atoms with Crippen LogP contribution >= 0.6 is 0 Å². The molecule has 24 heteroatoms. The molecule has 3 aliphatic heterocycles. The Balaban J connectivity index is 1.27. The molecule has 3 saturated heterocycles. The first-order valence-corrected chi connectivity index (χ1v) is 17.1. The third kappa shape index (κ3) is 11.5. The standard InChI is InChI=1S/C30H50N4O20/c1-13(38)47-5-2-14-7-34(33-32-14)4-3-31-6-16(39)21(42)18(9-36)51-28-25(46)23(44)19(11-49-28)52-30-26(22(43)17(40)10-48-30)53-29-24(45)20(41)15(8-35)27(54-29)50-12-37/h7,12,15-31,35-36,39-46H,2-6,8-11H2,1H3/t15-,16?,17+,18?,19+,20-,21?,22?,23-,24?,25?,26?,27?,28-,29-,30-/m0/s1. The number of nitrogens with zero attached hydrogens (tertiary/aromatic N) is 3. The lowest BCUT2D eigenvalue weighted by molar-refractivity contribution is -0.384. The minimum Gasteiger partial charge on any atom is -0.465 e. The zero-order valence-corrected chi connectivity index (χ0v) is 29.2. The molecule has 4 rings (SSSR count). The van der Waals surface area contributed by atoms with Crippen LogP contribution in [0.1, 0.15) is 12.6 Å². The number of aliphatic hydroxyl groups excluding tert-OH is 10. The van der Waals surface area contributed by atoms with Crippen molar-refractivity contribution in [2.75, 3.05) is 46.1 Å². The molecular weight excluding hydrogens is 736 g/mol. The third-order valence-electron chi connectivity index (χ3n) is 8.94. The number of carbonyl (C=O) groups is 2. The maximum Gasteiger partial charge on any atom is 0.302 e. The van der Waals surface area contributed by atoms with Gasteiger partial charge in [-0.1, -0.05) is 5.21 Å². The van der Waals surface area contributed by atoms with Gasteiger partial charge in [0.1, 0.15) is 54.9 Å². The number of esters is 1. The van der Waals surface area contributed by atoms with Crippen molar-refractivity contribution in [1.29, 1.82) is 0 Å². The van der Waals surface area contributed by atoms with Crippen molar-refractivity contribution in [1.82, 2.24) is 20.3 Å². The predicted molar refractivity (Wildman–Crippen MR) is 169 cm³/mol. The number of carbonyl (C=O) groups excluding carboxylic acids is 2. The van der Waals surface area contributed by atoms with Crippen molar-refractivity contribution < 1.29 is 98.5 Å². The Bertz CT molecular complexity index is 1280.